The Hall–Kier alpha value is -2.09. The smallest absolute Gasteiger partial charge is 0.252 e. The predicted molar refractivity (Wildman–Crippen MR) is 125 cm³/mol. The second kappa shape index (κ2) is 7.97. The molecule has 2 aromatic carbocycles. The lowest BCUT2D eigenvalue weighted by atomic mass is 9.69. The normalized spacial score (nSPS) is 12.8. The molecular formula is C27H39NO. The van der Waals surface area contributed by atoms with E-state index in [-0.39, 0.29) is 22.2 Å². The maximum Gasteiger partial charge on any atom is 0.252 e. The van der Waals surface area contributed by atoms with E-state index in [0.717, 1.165) is 16.7 Å². The van der Waals surface area contributed by atoms with Gasteiger partial charge < -0.3 is 5.32 Å². The van der Waals surface area contributed by atoms with Crippen LogP contribution in [0.5, 0.6) is 0 Å². The molecule has 0 fully saturated rings. The minimum absolute atomic E-state index is 0.0170. The summed E-state index contributed by atoms with van der Waals surface area (Å²) in [6, 6.07) is 12.4. The van der Waals surface area contributed by atoms with E-state index in [1.54, 1.807) is 0 Å². The second-order valence-corrected chi connectivity index (χ2v) is 11.3. The zero-order valence-corrected chi connectivity index (χ0v) is 20.1. The first-order valence-corrected chi connectivity index (χ1v) is 10.6. The molecule has 2 heteroatoms. The average Bonchev–Trinajstić information content (AvgIpc) is 2.56. The SMILES string of the molecule is Cc1c(C(C)(C)C)cc(C(C)(C)C)c(C(=O)NCc2ccccc2)c1C(C)(C)C. The zero-order valence-electron chi connectivity index (χ0n) is 20.1. The van der Waals surface area contributed by atoms with E-state index in [0.29, 0.717) is 6.54 Å². The van der Waals surface area contributed by atoms with Crippen molar-refractivity contribution in [3.63, 3.8) is 0 Å². The summed E-state index contributed by atoms with van der Waals surface area (Å²) >= 11 is 0. The van der Waals surface area contributed by atoms with Crippen LogP contribution >= 0.6 is 0 Å². The molecule has 0 unspecified atom stereocenters. The summed E-state index contributed by atoms with van der Waals surface area (Å²) in [6.07, 6.45) is 0. The van der Waals surface area contributed by atoms with E-state index in [4.69, 9.17) is 0 Å². The number of rotatable bonds is 3. The van der Waals surface area contributed by atoms with Crippen molar-refractivity contribution < 1.29 is 4.79 Å². The minimum atomic E-state index is -0.134. The molecule has 0 saturated carbocycles. The van der Waals surface area contributed by atoms with Crippen LogP contribution in [0.15, 0.2) is 36.4 Å². The average molecular weight is 394 g/mol. The van der Waals surface area contributed by atoms with Gasteiger partial charge in [-0.15, -0.1) is 0 Å². The first-order valence-electron chi connectivity index (χ1n) is 10.6. The summed E-state index contributed by atoms with van der Waals surface area (Å²) in [5, 5.41) is 3.19. The number of amides is 1. The fourth-order valence-corrected chi connectivity index (χ4v) is 4.19. The standard InChI is InChI=1S/C27H39NO/c1-18-20(25(2,3)4)16-21(26(5,6)7)22(23(18)27(8,9)10)24(29)28-17-19-14-12-11-13-15-19/h11-16H,17H2,1-10H3,(H,28,29). The van der Waals surface area contributed by atoms with Crippen LogP contribution in [0.2, 0.25) is 0 Å². The van der Waals surface area contributed by atoms with Crippen LogP contribution in [-0.2, 0) is 22.8 Å². The van der Waals surface area contributed by atoms with Gasteiger partial charge in [-0.25, -0.2) is 0 Å². The molecule has 0 aliphatic carbocycles. The first-order chi connectivity index (χ1) is 13.1. The Morgan fingerprint density at radius 3 is 1.76 bits per heavy atom. The van der Waals surface area contributed by atoms with Crippen molar-refractivity contribution in [2.24, 2.45) is 0 Å². The molecule has 1 N–H and O–H groups in total. The molecule has 0 spiro atoms. The lowest BCUT2D eigenvalue weighted by molar-refractivity contribution is 0.0946. The van der Waals surface area contributed by atoms with Gasteiger partial charge in [-0.05, 0) is 51.0 Å². The molecule has 29 heavy (non-hydrogen) atoms. The molecule has 2 rings (SSSR count). The number of carbonyl (C=O) groups is 1. The van der Waals surface area contributed by atoms with Gasteiger partial charge in [0.1, 0.15) is 0 Å². The van der Waals surface area contributed by atoms with Crippen LogP contribution in [0.25, 0.3) is 0 Å². The van der Waals surface area contributed by atoms with Crippen LogP contribution in [0.3, 0.4) is 0 Å². The van der Waals surface area contributed by atoms with E-state index in [1.165, 1.54) is 16.7 Å². The van der Waals surface area contributed by atoms with Crippen molar-refractivity contribution in [3.8, 4) is 0 Å². The molecule has 1 amide bonds. The van der Waals surface area contributed by atoms with Gasteiger partial charge in [-0.3, -0.25) is 4.79 Å². The Labute approximate surface area is 178 Å². The molecule has 0 aromatic heterocycles. The Morgan fingerprint density at radius 1 is 0.793 bits per heavy atom. The Kier molecular flexibility index (Phi) is 6.37. The first kappa shape index (κ1) is 23.2. The molecule has 0 saturated heterocycles. The van der Waals surface area contributed by atoms with Crippen molar-refractivity contribution in [1.82, 2.24) is 5.32 Å². The van der Waals surface area contributed by atoms with Crippen LogP contribution < -0.4 is 5.32 Å². The summed E-state index contributed by atoms with van der Waals surface area (Å²) < 4.78 is 0. The number of nitrogens with one attached hydrogen (secondary N) is 1. The van der Waals surface area contributed by atoms with E-state index in [9.17, 15) is 4.79 Å². The van der Waals surface area contributed by atoms with Gasteiger partial charge in [0.05, 0.1) is 0 Å². The molecule has 0 aliphatic rings. The number of carbonyl (C=O) groups excluding carboxylic acids is 1. The molecule has 0 radical (unpaired) electrons. The lowest BCUT2D eigenvalue weighted by Crippen LogP contribution is -2.33. The number of benzene rings is 2. The summed E-state index contributed by atoms with van der Waals surface area (Å²) in [6.45, 7) is 22.7. The molecule has 0 aliphatic heterocycles. The van der Waals surface area contributed by atoms with Crippen molar-refractivity contribution in [2.45, 2.75) is 92.0 Å². The Balaban J connectivity index is 2.70. The van der Waals surface area contributed by atoms with E-state index < -0.39 is 0 Å². The van der Waals surface area contributed by atoms with E-state index >= 15 is 0 Å². The van der Waals surface area contributed by atoms with Gasteiger partial charge in [0.15, 0.2) is 0 Å². The molecular weight excluding hydrogens is 354 g/mol. The molecule has 0 atom stereocenters. The Morgan fingerprint density at radius 2 is 1.31 bits per heavy atom. The van der Waals surface area contributed by atoms with Gasteiger partial charge in [0.25, 0.3) is 5.91 Å². The van der Waals surface area contributed by atoms with E-state index in [2.05, 4.69) is 80.6 Å². The highest BCUT2D eigenvalue weighted by Gasteiger charge is 2.34. The summed E-state index contributed by atoms with van der Waals surface area (Å²) in [5.74, 6) is 0.0206. The number of hydrogen-bond donors (Lipinski definition) is 1. The summed E-state index contributed by atoms with van der Waals surface area (Å²) in [5.41, 5.74) is 6.57. The van der Waals surface area contributed by atoms with Gasteiger partial charge in [0, 0.05) is 12.1 Å². The van der Waals surface area contributed by atoms with Gasteiger partial charge in [0.2, 0.25) is 0 Å². The van der Waals surface area contributed by atoms with Crippen molar-refractivity contribution in [1.29, 1.82) is 0 Å². The van der Waals surface area contributed by atoms with Crippen LogP contribution in [-0.4, -0.2) is 5.91 Å². The topological polar surface area (TPSA) is 29.1 Å². The zero-order chi connectivity index (χ0) is 22.2. The monoisotopic (exact) mass is 393 g/mol. The van der Waals surface area contributed by atoms with Crippen molar-refractivity contribution in [3.05, 3.63) is 69.8 Å². The third-order valence-electron chi connectivity index (χ3n) is 5.48. The van der Waals surface area contributed by atoms with Gasteiger partial charge in [-0.2, -0.15) is 0 Å². The van der Waals surface area contributed by atoms with Crippen molar-refractivity contribution >= 4 is 5.91 Å². The molecule has 2 nitrogen and oxygen atoms in total. The quantitative estimate of drug-likeness (QED) is 0.609. The molecule has 0 heterocycles. The minimum Gasteiger partial charge on any atom is -0.348 e. The van der Waals surface area contributed by atoms with Gasteiger partial charge >= 0.3 is 0 Å². The number of hydrogen-bond acceptors (Lipinski definition) is 1. The largest absolute Gasteiger partial charge is 0.348 e. The summed E-state index contributed by atoms with van der Waals surface area (Å²) in [4.78, 5) is 13.6. The fourth-order valence-electron chi connectivity index (χ4n) is 4.19. The predicted octanol–water partition coefficient (Wildman–Crippen LogP) is 6.82. The van der Waals surface area contributed by atoms with Gasteiger partial charge in [-0.1, -0.05) is 98.7 Å². The third kappa shape index (κ3) is 5.29. The second-order valence-electron chi connectivity index (χ2n) is 11.3. The van der Waals surface area contributed by atoms with Crippen LogP contribution in [0.4, 0.5) is 0 Å². The maximum absolute atomic E-state index is 13.6. The maximum atomic E-state index is 13.6. The third-order valence-corrected chi connectivity index (χ3v) is 5.48. The van der Waals surface area contributed by atoms with Crippen LogP contribution in [0, 0.1) is 6.92 Å². The molecule has 2 aromatic rings. The van der Waals surface area contributed by atoms with E-state index in [1.807, 2.05) is 30.3 Å². The van der Waals surface area contributed by atoms with Crippen molar-refractivity contribution in [2.75, 3.05) is 0 Å². The highest BCUT2D eigenvalue weighted by Crippen LogP contribution is 2.41. The highest BCUT2D eigenvalue weighted by atomic mass is 16.1. The fraction of sp³-hybridized carbons (Fsp3) is 0.519. The van der Waals surface area contributed by atoms with Crippen LogP contribution in [0.1, 0.15) is 100 Å². The molecule has 158 valence electrons. The lowest BCUT2D eigenvalue weighted by Gasteiger charge is -2.35. The highest BCUT2D eigenvalue weighted by molar-refractivity contribution is 5.98. The Bertz CT molecular complexity index is 872. The summed E-state index contributed by atoms with van der Waals surface area (Å²) in [7, 11) is 0. The molecule has 0 bridgehead atoms.